The van der Waals surface area contributed by atoms with Crippen molar-refractivity contribution in [2.45, 2.75) is 31.0 Å². The lowest BCUT2D eigenvalue weighted by molar-refractivity contribution is -0.115. The number of hydrogen-bond donors (Lipinski definition) is 2. The summed E-state index contributed by atoms with van der Waals surface area (Å²) in [5.74, 6) is -0.740. The summed E-state index contributed by atoms with van der Waals surface area (Å²) in [4.78, 5) is 55.5. The van der Waals surface area contributed by atoms with Gasteiger partial charge in [0.25, 0.3) is 0 Å². The number of aromatic nitrogens is 2. The molecule has 0 saturated heterocycles. The molecule has 3 aromatic rings. The van der Waals surface area contributed by atoms with Gasteiger partial charge >= 0.3 is 5.69 Å². The summed E-state index contributed by atoms with van der Waals surface area (Å²) in [6, 6.07) is 15.7. The Kier molecular flexibility index (Phi) is 6.81. The minimum absolute atomic E-state index is 0.112. The molecule has 1 amide bonds. The predicted octanol–water partition coefficient (Wildman–Crippen LogP) is 3.96. The number of Topliss-reactive ketones (excluding diaryl/α,β-unsaturated/α-hetero) is 2. The molecule has 2 aromatic carbocycles. The highest BCUT2D eigenvalue weighted by atomic mass is 32.2. The number of carbonyl (C=O) groups is 3. The molecule has 7 nitrogen and oxygen atoms in total. The summed E-state index contributed by atoms with van der Waals surface area (Å²) in [6.07, 6.45) is 0. The number of benzene rings is 2. The number of H-pyrrole nitrogens is 1. The van der Waals surface area contributed by atoms with E-state index in [0.29, 0.717) is 22.5 Å². The van der Waals surface area contributed by atoms with E-state index in [0.717, 1.165) is 11.8 Å². The van der Waals surface area contributed by atoms with Gasteiger partial charge in [-0.05, 0) is 38.5 Å². The van der Waals surface area contributed by atoms with Gasteiger partial charge in [0.1, 0.15) is 10.3 Å². The SMILES string of the molecule is CC(=O)c1cccc(NC(=O)[C@H](Sc2nc(=O)[nH]c(C)c2C(C)=O)c2ccccc2)c1. The first-order chi connectivity index (χ1) is 14.8. The molecule has 1 aromatic heterocycles. The Morgan fingerprint density at radius 1 is 1.00 bits per heavy atom. The Hall–Kier alpha value is -3.52. The lowest BCUT2D eigenvalue weighted by Gasteiger charge is -2.18. The third-order valence-electron chi connectivity index (χ3n) is 4.55. The van der Waals surface area contributed by atoms with Crippen LogP contribution in [0.3, 0.4) is 0 Å². The zero-order valence-electron chi connectivity index (χ0n) is 17.3. The number of ketones is 2. The van der Waals surface area contributed by atoms with E-state index in [-0.39, 0.29) is 28.1 Å². The van der Waals surface area contributed by atoms with Crippen molar-refractivity contribution in [2.75, 3.05) is 5.32 Å². The monoisotopic (exact) mass is 435 g/mol. The molecule has 0 bridgehead atoms. The lowest BCUT2D eigenvalue weighted by atomic mass is 10.1. The van der Waals surface area contributed by atoms with E-state index < -0.39 is 10.9 Å². The molecule has 0 aliphatic heterocycles. The van der Waals surface area contributed by atoms with Gasteiger partial charge in [0.15, 0.2) is 11.6 Å². The van der Waals surface area contributed by atoms with Crippen molar-refractivity contribution in [3.63, 3.8) is 0 Å². The zero-order chi connectivity index (χ0) is 22.5. The molecule has 0 unspecified atom stereocenters. The van der Waals surface area contributed by atoms with E-state index in [1.807, 2.05) is 6.07 Å². The number of amides is 1. The molecular weight excluding hydrogens is 414 g/mol. The van der Waals surface area contributed by atoms with Gasteiger partial charge in [-0.3, -0.25) is 14.4 Å². The molecule has 31 heavy (non-hydrogen) atoms. The van der Waals surface area contributed by atoms with Gasteiger partial charge in [0, 0.05) is 16.9 Å². The topological polar surface area (TPSA) is 109 Å². The van der Waals surface area contributed by atoms with Crippen molar-refractivity contribution in [1.82, 2.24) is 9.97 Å². The minimum Gasteiger partial charge on any atom is -0.325 e. The maximum Gasteiger partial charge on any atom is 0.346 e. The van der Waals surface area contributed by atoms with E-state index in [1.165, 1.54) is 13.8 Å². The fourth-order valence-corrected chi connectivity index (χ4v) is 4.33. The number of hydrogen-bond acceptors (Lipinski definition) is 6. The van der Waals surface area contributed by atoms with Crippen molar-refractivity contribution in [3.05, 3.63) is 87.5 Å². The fourth-order valence-electron chi connectivity index (χ4n) is 3.10. The van der Waals surface area contributed by atoms with Gasteiger partial charge in [0.05, 0.1) is 5.56 Å². The zero-order valence-corrected chi connectivity index (χ0v) is 18.1. The smallest absolute Gasteiger partial charge is 0.325 e. The average molecular weight is 436 g/mol. The van der Waals surface area contributed by atoms with Crippen molar-refractivity contribution >= 4 is 34.9 Å². The second kappa shape index (κ2) is 9.53. The number of carbonyl (C=O) groups excluding carboxylic acids is 3. The summed E-state index contributed by atoms with van der Waals surface area (Å²) in [7, 11) is 0. The summed E-state index contributed by atoms with van der Waals surface area (Å²) in [5, 5.41) is 2.23. The maximum atomic E-state index is 13.2. The van der Waals surface area contributed by atoms with Crippen LogP contribution < -0.4 is 11.0 Å². The maximum absolute atomic E-state index is 13.2. The fraction of sp³-hybridized carbons (Fsp3) is 0.174. The second-order valence-corrected chi connectivity index (χ2v) is 8.03. The number of thioether (sulfide) groups is 1. The number of nitrogens with one attached hydrogen (secondary N) is 2. The van der Waals surface area contributed by atoms with E-state index in [4.69, 9.17) is 0 Å². The Balaban J connectivity index is 2.00. The molecule has 0 radical (unpaired) electrons. The second-order valence-electron chi connectivity index (χ2n) is 6.94. The number of aromatic amines is 1. The highest BCUT2D eigenvalue weighted by Crippen LogP contribution is 2.37. The molecule has 3 rings (SSSR count). The minimum atomic E-state index is -0.783. The van der Waals surface area contributed by atoms with Gasteiger partial charge in [-0.1, -0.05) is 54.2 Å². The Morgan fingerprint density at radius 3 is 2.35 bits per heavy atom. The van der Waals surface area contributed by atoms with E-state index >= 15 is 0 Å². The molecule has 2 N–H and O–H groups in total. The molecule has 0 fully saturated rings. The number of rotatable bonds is 7. The van der Waals surface area contributed by atoms with Crippen LogP contribution in [0.4, 0.5) is 5.69 Å². The normalized spacial score (nSPS) is 11.6. The van der Waals surface area contributed by atoms with Crippen LogP contribution in [0.2, 0.25) is 0 Å². The first-order valence-electron chi connectivity index (χ1n) is 9.51. The van der Waals surface area contributed by atoms with Crippen molar-refractivity contribution in [1.29, 1.82) is 0 Å². The van der Waals surface area contributed by atoms with Crippen LogP contribution in [0.25, 0.3) is 0 Å². The van der Waals surface area contributed by atoms with Gasteiger partial charge in [0.2, 0.25) is 5.91 Å². The number of nitrogens with zero attached hydrogens (tertiary/aromatic N) is 1. The largest absolute Gasteiger partial charge is 0.346 e. The summed E-state index contributed by atoms with van der Waals surface area (Å²) in [5.41, 5.74) is 1.72. The summed E-state index contributed by atoms with van der Waals surface area (Å²) < 4.78 is 0. The van der Waals surface area contributed by atoms with E-state index in [9.17, 15) is 19.2 Å². The van der Waals surface area contributed by atoms with Crippen LogP contribution in [0, 0.1) is 6.92 Å². The van der Waals surface area contributed by atoms with E-state index in [2.05, 4.69) is 15.3 Å². The molecule has 0 saturated carbocycles. The first kappa shape index (κ1) is 22.2. The van der Waals surface area contributed by atoms with E-state index in [1.54, 1.807) is 55.5 Å². The third-order valence-corrected chi connectivity index (χ3v) is 5.79. The molecular formula is C23H21N3O4S. The van der Waals surface area contributed by atoms with Gasteiger partial charge in [-0.2, -0.15) is 4.98 Å². The molecule has 1 atom stereocenters. The van der Waals surface area contributed by atoms with Crippen LogP contribution >= 0.6 is 11.8 Å². The predicted molar refractivity (Wildman–Crippen MR) is 120 cm³/mol. The molecule has 0 spiro atoms. The highest BCUT2D eigenvalue weighted by molar-refractivity contribution is 8.00. The molecule has 0 aliphatic carbocycles. The van der Waals surface area contributed by atoms with Crippen LogP contribution in [0.15, 0.2) is 64.4 Å². The molecule has 158 valence electrons. The average Bonchev–Trinajstić information content (AvgIpc) is 2.72. The summed E-state index contributed by atoms with van der Waals surface area (Å²) >= 11 is 1.03. The van der Waals surface area contributed by atoms with Gasteiger partial charge in [-0.25, -0.2) is 4.79 Å². The quantitative estimate of drug-likeness (QED) is 0.330. The Labute approximate surface area is 183 Å². The number of anilines is 1. The van der Waals surface area contributed by atoms with Crippen LogP contribution in [-0.4, -0.2) is 27.4 Å². The Morgan fingerprint density at radius 2 is 1.71 bits per heavy atom. The first-order valence-corrected chi connectivity index (χ1v) is 10.4. The van der Waals surface area contributed by atoms with Crippen LogP contribution in [0.5, 0.6) is 0 Å². The van der Waals surface area contributed by atoms with Gasteiger partial charge in [-0.15, -0.1) is 0 Å². The highest BCUT2D eigenvalue weighted by Gasteiger charge is 2.26. The molecule has 8 heteroatoms. The Bertz CT molecular complexity index is 1200. The van der Waals surface area contributed by atoms with Crippen LogP contribution in [-0.2, 0) is 4.79 Å². The van der Waals surface area contributed by atoms with Crippen molar-refractivity contribution in [3.8, 4) is 0 Å². The number of aryl methyl sites for hydroxylation is 1. The van der Waals surface area contributed by atoms with Crippen molar-refractivity contribution in [2.24, 2.45) is 0 Å². The standard InChI is InChI=1S/C23H21N3O4S/c1-13-19(15(3)28)22(26-23(30)24-13)31-20(16-8-5-4-6-9-16)21(29)25-18-11-7-10-17(12-18)14(2)27/h4-12,20H,1-3H3,(H,25,29)(H,24,26,30)/t20-/m1/s1. The molecule has 0 aliphatic rings. The third kappa shape index (κ3) is 5.35. The molecule has 1 heterocycles. The van der Waals surface area contributed by atoms with Gasteiger partial charge < -0.3 is 10.3 Å². The van der Waals surface area contributed by atoms with Crippen molar-refractivity contribution < 1.29 is 14.4 Å². The summed E-state index contributed by atoms with van der Waals surface area (Å²) in [6.45, 7) is 4.46. The lowest BCUT2D eigenvalue weighted by Crippen LogP contribution is -2.22. The van der Waals surface area contributed by atoms with Crippen LogP contribution in [0.1, 0.15) is 51.1 Å².